The Bertz CT molecular complexity index is 434. The van der Waals surface area contributed by atoms with Crippen LogP contribution in [0.1, 0.15) is 26.2 Å². The molecule has 1 saturated heterocycles. The first-order valence-electron chi connectivity index (χ1n) is 6.33. The standard InChI is InChI=1S/C11H20N2O5S/c1-2-3-6-19(17,18)12-4-5-13-8-9(11(15)16)7-10(13)14/h9,12H,2-8H2,1H3,(H,15,16). The van der Waals surface area contributed by atoms with E-state index in [1.54, 1.807) is 0 Å². The molecule has 1 atom stereocenters. The van der Waals surface area contributed by atoms with Gasteiger partial charge in [0.25, 0.3) is 0 Å². The number of hydrogen-bond donors (Lipinski definition) is 2. The fourth-order valence-electron chi connectivity index (χ4n) is 1.90. The van der Waals surface area contributed by atoms with E-state index in [0.29, 0.717) is 6.42 Å². The summed E-state index contributed by atoms with van der Waals surface area (Å²) in [6, 6.07) is 0. The lowest BCUT2D eigenvalue weighted by atomic mass is 10.1. The molecule has 110 valence electrons. The molecule has 7 nitrogen and oxygen atoms in total. The average molecular weight is 292 g/mol. The summed E-state index contributed by atoms with van der Waals surface area (Å²) >= 11 is 0. The largest absolute Gasteiger partial charge is 0.481 e. The van der Waals surface area contributed by atoms with Gasteiger partial charge >= 0.3 is 5.97 Å². The monoisotopic (exact) mass is 292 g/mol. The summed E-state index contributed by atoms with van der Waals surface area (Å²) in [5.74, 6) is -1.82. The maximum absolute atomic E-state index is 11.5. The summed E-state index contributed by atoms with van der Waals surface area (Å²) < 4.78 is 25.4. The van der Waals surface area contributed by atoms with Crippen molar-refractivity contribution >= 4 is 21.9 Å². The van der Waals surface area contributed by atoms with Crippen LogP contribution in [0.3, 0.4) is 0 Å². The number of carboxylic acids is 1. The van der Waals surface area contributed by atoms with E-state index >= 15 is 0 Å². The van der Waals surface area contributed by atoms with Gasteiger partial charge in [-0.25, -0.2) is 13.1 Å². The quantitative estimate of drug-likeness (QED) is 0.636. The Hall–Kier alpha value is -1.15. The SMILES string of the molecule is CCCCS(=O)(=O)NCCN1CC(C(=O)O)CC1=O. The molecule has 0 aromatic rings. The van der Waals surface area contributed by atoms with Crippen molar-refractivity contribution in [1.82, 2.24) is 9.62 Å². The van der Waals surface area contributed by atoms with Gasteiger partial charge in [-0.2, -0.15) is 0 Å². The Morgan fingerprint density at radius 2 is 2.21 bits per heavy atom. The summed E-state index contributed by atoms with van der Waals surface area (Å²) in [5.41, 5.74) is 0. The number of nitrogens with one attached hydrogen (secondary N) is 1. The first-order valence-corrected chi connectivity index (χ1v) is 7.99. The van der Waals surface area contributed by atoms with E-state index in [2.05, 4.69) is 4.72 Å². The molecule has 8 heteroatoms. The molecule has 1 aliphatic rings. The molecule has 0 radical (unpaired) electrons. The lowest BCUT2D eigenvalue weighted by Gasteiger charge is -2.16. The molecule has 19 heavy (non-hydrogen) atoms. The number of aliphatic carboxylic acids is 1. The zero-order chi connectivity index (χ0) is 14.5. The molecule has 0 spiro atoms. The number of rotatable bonds is 8. The summed E-state index contributed by atoms with van der Waals surface area (Å²) in [5, 5.41) is 8.81. The number of sulfonamides is 1. The number of nitrogens with zero attached hydrogens (tertiary/aromatic N) is 1. The normalized spacial score (nSPS) is 19.9. The molecular weight excluding hydrogens is 272 g/mol. The fraction of sp³-hybridized carbons (Fsp3) is 0.818. The number of carbonyl (C=O) groups is 2. The highest BCUT2D eigenvalue weighted by Crippen LogP contribution is 2.17. The Labute approximate surface area is 113 Å². The smallest absolute Gasteiger partial charge is 0.308 e. The Morgan fingerprint density at radius 3 is 2.74 bits per heavy atom. The number of carboxylic acid groups (broad SMARTS) is 1. The molecule has 1 fully saturated rings. The van der Waals surface area contributed by atoms with Crippen molar-refractivity contribution in [1.29, 1.82) is 0 Å². The molecule has 1 heterocycles. The van der Waals surface area contributed by atoms with Crippen LogP contribution in [-0.4, -0.2) is 55.7 Å². The van der Waals surface area contributed by atoms with Crippen LogP contribution in [0.4, 0.5) is 0 Å². The minimum absolute atomic E-state index is 0.00207. The predicted octanol–water partition coefficient (Wildman–Crippen LogP) is -0.361. The van der Waals surface area contributed by atoms with Crippen LogP contribution >= 0.6 is 0 Å². The van der Waals surface area contributed by atoms with E-state index in [4.69, 9.17) is 5.11 Å². The Kier molecular flexibility index (Phi) is 5.74. The molecule has 0 saturated carbocycles. The molecule has 1 rings (SSSR count). The molecular formula is C11H20N2O5S. The number of likely N-dealkylation sites (tertiary alicyclic amines) is 1. The third-order valence-electron chi connectivity index (χ3n) is 3.03. The lowest BCUT2D eigenvalue weighted by Crippen LogP contribution is -2.37. The van der Waals surface area contributed by atoms with Crippen LogP contribution in [0.15, 0.2) is 0 Å². The molecule has 0 bridgehead atoms. The third-order valence-corrected chi connectivity index (χ3v) is 4.50. The van der Waals surface area contributed by atoms with Gasteiger partial charge in [-0.3, -0.25) is 9.59 Å². The molecule has 2 N–H and O–H groups in total. The van der Waals surface area contributed by atoms with Crippen LogP contribution in [0, 0.1) is 5.92 Å². The molecule has 1 unspecified atom stereocenters. The fourth-order valence-corrected chi connectivity index (χ4v) is 3.11. The second kappa shape index (κ2) is 6.85. The van der Waals surface area contributed by atoms with Crippen LogP contribution in [0.2, 0.25) is 0 Å². The molecule has 1 amide bonds. The van der Waals surface area contributed by atoms with Crippen molar-refractivity contribution in [2.75, 3.05) is 25.4 Å². The highest BCUT2D eigenvalue weighted by Gasteiger charge is 2.33. The van der Waals surface area contributed by atoms with Gasteiger partial charge in [0.15, 0.2) is 0 Å². The van der Waals surface area contributed by atoms with E-state index < -0.39 is 21.9 Å². The minimum Gasteiger partial charge on any atom is -0.481 e. The highest BCUT2D eigenvalue weighted by atomic mass is 32.2. The van der Waals surface area contributed by atoms with Crippen molar-refractivity contribution in [3.05, 3.63) is 0 Å². The van der Waals surface area contributed by atoms with Gasteiger partial charge in [-0.15, -0.1) is 0 Å². The summed E-state index contributed by atoms with van der Waals surface area (Å²) in [4.78, 5) is 23.6. The van der Waals surface area contributed by atoms with Crippen LogP contribution in [0.25, 0.3) is 0 Å². The van der Waals surface area contributed by atoms with Gasteiger partial charge in [-0.05, 0) is 6.42 Å². The van der Waals surface area contributed by atoms with Crippen molar-refractivity contribution in [2.24, 2.45) is 5.92 Å². The van der Waals surface area contributed by atoms with Gasteiger partial charge in [0, 0.05) is 26.1 Å². The zero-order valence-corrected chi connectivity index (χ0v) is 11.8. The van der Waals surface area contributed by atoms with Gasteiger partial charge in [0.05, 0.1) is 11.7 Å². The van der Waals surface area contributed by atoms with Crippen LogP contribution in [0.5, 0.6) is 0 Å². The van der Waals surface area contributed by atoms with E-state index in [1.807, 2.05) is 6.92 Å². The second-order valence-corrected chi connectivity index (χ2v) is 6.57. The maximum atomic E-state index is 11.5. The van der Waals surface area contributed by atoms with E-state index in [-0.39, 0.29) is 37.7 Å². The van der Waals surface area contributed by atoms with Crippen LogP contribution in [-0.2, 0) is 19.6 Å². The number of carbonyl (C=O) groups excluding carboxylic acids is 1. The predicted molar refractivity (Wildman–Crippen MR) is 69.0 cm³/mol. The first-order chi connectivity index (χ1) is 8.85. The van der Waals surface area contributed by atoms with E-state index in [1.165, 1.54) is 4.90 Å². The summed E-state index contributed by atoms with van der Waals surface area (Å²) in [6.45, 7) is 2.41. The molecule has 0 aromatic carbocycles. The topological polar surface area (TPSA) is 104 Å². The van der Waals surface area contributed by atoms with Gasteiger partial charge in [0.1, 0.15) is 0 Å². The van der Waals surface area contributed by atoms with Crippen molar-refractivity contribution in [2.45, 2.75) is 26.2 Å². The van der Waals surface area contributed by atoms with E-state index in [9.17, 15) is 18.0 Å². The first kappa shape index (κ1) is 15.9. The zero-order valence-electron chi connectivity index (χ0n) is 11.0. The molecule has 1 aliphatic heterocycles. The van der Waals surface area contributed by atoms with Crippen LogP contribution < -0.4 is 4.72 Å². The summed E-state index contributed by atoms with van der Waals surface area (Å²) in [7, 11) is -3.29. The second-order valence-electron chi connectivity index (χ2n) is 4.65. The number of amides is 1. The number of hydrogen-bond acceptors (Lipinski definition) is 4. The third kappa shape index (κ3) is 5.15. The minimum atomic E-state index is -3.29. The Balaban J connectivity index is 2.34. The average Bonchev–Trinajstić information content (AvgIpc) is 2.69. The molecule has 0 aromatic heterocycles. The Morgan fingerprint density at radius 1 is 1.53 bits per heavy atom. The lowest BCUT2D eigenvalue weighted by molar-refractivity contribution is -0.141. The maximum Gasteiger partial charge on any atom is 0.308 e. The highest BCUT2D eigenvalue weighted by molar-refractivity contribution is 7.89. The van der Waals surface area contributed by atoms with Gasteiger partial charge in [0.2, 0.25) is 15.9 Å². The van der Waals surface area contributed by atoms with Crippen molar-refractivity contribution < 1.29 is 23.1 Å². The van der Waals surface area contributed by atoms with Gasteiger partial charge in [-0.1, -0.05) is 13.3 Å². The van der Waals surface area contributed by atoms with Gasteiger partial charge < -0.3 is 10.0 Å². The van der Waals surface area contributed by atoms with Crippen molar-refractivity contribution in [3.63, 3.8) is 0 Å². The van der Waals surface area contributed by atoms with Crippen molar-refractivity contribution in [3.8, 4) is 0 Å². The molecule has 0 aliphatic carbocycles. The summed E-state index contributed by atoms with van der Waals surface area (Å²) in [6.07, 6.45) is 1.39. The number of unbranched alkanes of at least 4 members (excludes halogenated alkanes) is 1. The van der Waals surface area contributed by atoms with E-state index in [0.717, 1.165) is 6.42 Å².